The number of carbonyl (C=O) groups is 2. The number of nitrogens with one attached hydrogen (secondary N) is 2. The van der Waals surface area contributed by atoms with Crippen molar-refractivity contribution in [2.24, 2.45) is 5.92 Å². The highest BCUT2D eigenvalue weighted by Crippen LogP contribution is 2.13. The molecule has 7 heteroatoms. The van der Waals surface area contributed by atoms with Gasteiger partial charge >= 0.3 is 0 Å². The van der Waals surface area contributed by atoms with E-state index >= 15 is 0 Å². The average molecular weight is 279 g/mol. The molecule has 2 heterocycles. The maximum atomic E-state index is 12.1. The molecule has 0 spiro atoms. The summed E-state index contributed by atoms with van der Waals surface area (Å²) in [6.45, 7) is 6.85. The predicted octanol–water partition coefficient (Wildman–Crippen LogP) is 0.490. The molecule has 0 aromatic carbocycles. The van der Waals surface area contributed by atoms with Crippen LogP contribution in [-0.4, -0.2) is 51.3 Å². The summed E-state index contributed by atoms with van der Waals surface area (Å²) in [7, 11) is 0. The molecule has 7 nitrogen and oxygen atoms in total. The largest absolute Gasteiger partial charge is 0.346 e. The molecule has 0 saturated carbocycles. The molecule has 110 valence electrons. The zero-order valence-electron chi connectivity index (χ0n) is 12.1. The number of amides is 2. The van der Waals surface area contributed by atoms with Crippen LogP contribution in [0.15, 0.2) is 0 Å². The summed E-state index contributed by atoms with van der Waals surface area (Å²) >= 11 is 0. The van der Waals surface area contributed by atoms with Gasteiger partial charge < -0.3 is 10.2 Å². The molecule has 2 amide bonds. The summed E-state index contributed by atoms with van der Waals surface area (Å²) in [5, 5.41) is 13.0. The first-order chi connectivity index (χ1) is 9.49. The number of likely N-dealkylation sites (tertiary alicyclic amines) is 1. The third-order valence-electron chi connectivity index (χ3n) is 3.50. The molecule has 0 bridgehead atoms. The van der Waals surface area contributed by atoms with E-state index in [4.69, 9.17) is 0 Å². The summed E-state index contributed by atoms with van der Waals surface area (Å²) < 4.78 is 0. The first-order valence-corrected chi connectivity index (χ1v) is 6.96. The number of aryl methyl sites for hydroxylation is 1. The van der Waals surface area contributed by atoms with E-state index in [1.807, 2.05) is 18.7 Å². The lowest BCUT2D eigenvalue weighted by Crippen LogP contribution is -2.50. The number of aromatic amines is 1. The van der Waals surface area contributed by atoms with Crippen molar-refractivity contribution in [2.75, 3.05) is 13.1 Å². The normalized spacial score (nSPS) is 19.2. The van der Waals surface area contributed by atoms with Gasteiger partial charge in [0.1, 0.15) is 0 Å². The first-order valence-electron chi connectivity index (χ1n) is 6.96. The highest BCUT2D eigenvalue weighted by atomic mass is 16.2. The quantitative estimate of drug-likeness (QED) is 0.842. The lowest BCUT2D eigenvalue weighted by atomic mass is 10.0. The van der Waals surface area contributed by atoms with Gasteiger partial charge in [0.2, 0.25) is 5.91 Å². The van der Waals surface area contributed by atoms with Crippen LogP contribution in [-0.2, 0) is 4.79 Å². The van der Waals surface area contributed by atoms with E-state index in [1.54, 1.807) is 6.92 Å². The molecule has 0 aliphatic carbocycles. The Morgan fingerprint density at radius 3 is 2.75 bits per heavy atom. The second-order valence-electron chi connectivity index (χ2n) is 5.51. The first kappa shape index (κ1) is 14.5. The van der Waals surface area contributed by atoms with Gasteiger partial charge in [0.05, 0.1) is 5.69 Å². The minimum atomic E-state index is -0.236. The zero-order chi connectivity index (χ0) is 14.7. The summed E-state index contributed by atoms with van der Waals surface area (Å²) in [6.07, 6.45) is 1.78. The van der Waals surface area contributed by atoms with Crippen molar-refractivity contribution in [3.05, 3.63) is 11.4 Å². The van der Waals surface area contributed by atoms with Gasteiger partial charge in [-0.25, -0.2) is 0 Å². The average Bonchev–Trinajstić information content (AvgIpc) is 2.84. The van der Waals surface area contributed by atoms with E-state index < -0.39 is 0 Å². The lowest BCUT2D eigenvalue weighted by Gasteiger charge is -2.34. The number of aromatic nitrogens is 3. The second-order valence-corrected chi connectivity index (χ2v) is 5.51. The topological polar surface area (TPSA) is 91.0 Å². The fourth-order valence-corrected chi connectivity index (χ4v) is 2.41. The van der Waals surface area contributed by atoms with Gasteiger partial charge in [0.25, 0.3) is 5.91 Å². The Balaban J connectivity index is 1.95. The van der Waals surface area contributed by atoms with E-state index in [9.17, 15) is 9.59 Å². The van der Waals surface area contributed by atoms with Crippen molar-refractivity contribution in [1.29, 1.82) is 0 Å². The number of H-pyrrole nitrogens is 1. The number of hydrogen-bond donors (Lipinski definition) is 2. The van der Waals surface area contributed by atoms with Gasteiger partial charge in [-0.05, 0) is 19.8 Å². The Labute approximate surface area is 118 Å². The van der Waals surface area contributed by atoms with Crippen molar-refractivity contribution in [3.63, 3.8) is 0 Å². The Kier molecular flexibility index (Phi) is 4.36. The van der Waals surface area contributed by atoms with Crippen LogP contribution in [0.2, 0.25) is 0 Å². The molecule has 2 N–H and O–H groups in total. The zero-order valence-corrected chi connectivity index (χ0v) is 12.1. The van der Waals surface area contributed by atoms with E-state index in [1.165, 1.54) is 0 Å². The van der Waals surface area contributed by atoms with Crippen LogP contribution < -0.4 is 5.32 Å². The fourth-order valence-electron chi connectivity index (χ4n) is 2.41. The van der Waals surface area contributed by atoms with Gasteiger partial charge in [0.15, 0.2) is 5.69 Å². The molecule has 1 saturated heterocycles. The molecular formula is C13H21N5O2. The standard InChI is InChI=1S/C13H21N5O2/c1-8(2)13(20)18-6-4-5-10(7-18)14-12(19)11-9(3)15-17-16-11/h8,10H,4-7H2,1-3H3,(H,14,19)(H,15,16,17)/t10-/m0/s1. The van der Waals surface area contributed by atoms with Crippen LogP contribution in [0.3, 0.4) is 0 Å². The van der Waals surface area contributed by atoms with Crippen molar-refractivity contribution in [1.82, 2.24) is 25.6 Å². The molecule has 0 radical (unpaired) electrons. The van der Waals surface area contributed by atoms with Gasteiger partial charge in [-0.15, -0.1) is 0 Å². The SMILES string of the molecule is Cc1n[nH]nc1C(=O)N[C@H]1CCCN(C(=O)C(C)C)C1. The number of piperidine rings is 1. The van der Waals surface area contributed by atoms with Crippen molar-refractivity contribution < 1.29 is 9.59 Å². The summed E-state index contributed by atoms with van der Waals surface area (Å²) in [6, 6.07) is -0.0185. The molecular weight excluding hydrogens is 258 g/mol. The smallest absolute Gasteiger partial charge is 0.274 e. The highest BCUT2D eigenvalue weighted by molar-refractivity contribution is 5.93. The second kappa shape index (κ2) is 6.02. The Morgan fingerprint density at radius 2 is 2.15 bits per heavy atom. The summed E-state index contributed by atoms with van der Waals surface area (Å²) in [5.74, 6) is -0.108. The van der Waals surface area contributed by atoms with E-state index in [2.05, 4.69) is 20.7 Å². The van der Waals surface area contributed by atoms with Crippen LogP contribution in [0.25, 0.3) is 0 Å². The van der Waals surface area contributed by atoms with E-state index in [-0.39, 0.29) is 23.8 Å². The van der Waals surface area contributed by atoms with Gasteiger partial charge in [-0.1, -0.05) is 13.8 Å². The Morgan fingerprint density at radius 1 is 1.40 bits per heavy atom. The molecule has 1 atom stereocenters. The summed E-state index contributed by atoms with van der Waals surface area (Å²) in [4.78, 5) is 25.9. The number of carbonyl (C=O) groups excluding carboxylic acids is 2. The van der Waals surface area contributed by atoms with Crippen molar-refractivity contribution >= 4 is 11.8 Å². The minimum absolute atomic E-state index is 0.0118. The molecule has 1 fully saturated rings. The van der Waals surface area contributed by atoms with Crippen LogP contribution >= 0.6 is 0 Å². The monoisotopic (exact) mass is 279 g/mol. The minimum Gasteiger partial charge on any atom is -0.346 e. The molecule has 1 aliphatic heterocycles. The van der Waals surface area contributed by atoms with Crippen LogP contribution in [0.4, 0.5) is 0 Å². The molecule has 1 aromatic heterocycles. The lowest BCUT2D eigenvalue weighted by molar-refractivity contribution is -0.135. The molecule has 0 unspecified atom stereocenters. The molecule has 20 heavy (non-hydrogen) atoms. The van der Waals surface area contributed by atoms with Gasteiger partial charge in [0, 0.05) is 25.0 Å². The number of nitrogens with zero attached hydrogens (tertiary/aromatic N) is 3. The van der Waals surface area contributed by atoms with E-state index in [0.717, 1.165) is 19.4 Å². The number of rotatable bonds is 3. The predicted molar refractivity (Wildman–Crippen MR) is 73.0 cm³/mol. The molecule has 1 aromatic rings. The van der Waals surface area contributed by atoms with Crippen LogP contribution in [0, 0.1) is 12.8 Å². The Bertz CT molecular complexity index is 497. The highest BCUT2D eigenvalue weighted by Gasteiger charge is 2.27. The van der Waals surface area contributed by atoms with E-state index in [0.29, 0.717) is 17.9 Å². The van der Waals surface area contributed by atoms with Crippen LogP contribution in [0.1, 0.15) is 42.9 Å². The van der Waals surface area contributed by atoms with Crippen LogP contribution in [0.5, 0.6) is 0 Å². The maximum Gasteiger partial charge on any atom is 0.274 e. The van der Waals surface area contributed by atoms with Crippen molar-refractivity contribution in [2.45, 2.75) is 39.7 Å². The maximum absolute atomic E-state index is 12.1. The third-order valence-corrected chi connectivity index (χ3v) is 3.50. The third kappa shape index (κ3) is 3.15. The van der Waals surface area contributed by atoms with Gasteiger partial charge in [-0.2, -0.15) is 15.4 Å². The fraction of sp³-hybridized carbons (Fsp3) is 0.692. The Hall–Kier alpha value is -1.92. The van der Waals surface area contributed by atoms with Crippen molar-refractivity contribution in [3.8, 4) is 0 Å². The molecule has 1 aliphatic rings. The molecule has 2 rings (SSSR count). The van der Waals surface area contributed by atoms with Gasteiger partial charge in [-0.3, -0.25) is 9.59 Å². The summed E-state index contributed by atoms with van der Waals surface area (Å²) in [5.41, 5.74) is 0.894. The number of hydrogen-bond acceptors (Lipinski definition) is 4.